The fraction of sp³-hybridized carbons (Fsp3) is 0.769. The molecule has 1 aromatic heterocycles. The molecule has 2 fully saturated rings. The van der Waals surface area contributed by atoms with Gasteiger partial charge >= 0.3 is 0 Å². The largest absolute Gasteiger partial charge is 0.330 e. The minimum absolute atomic E-state index is 0.509. The number of nitrogens with zero attached hydrogens (tertiary/aromatic N) is 3. The van der Waals surface area contributed by atoms with E-state index in [0.717, 1.165) is 12.6 Å². The summed E-state index contributed by atoms with van der Waals surface area (Å²) in [6.07, 6.45) is 9.48. The molecule has 4 heteroatoms. The monoisotopic (exact) mass is 234 g/mol. The van der Waals surface area contributed by atoms with Crippen molar-refractivity contribution in [3.63, 3.8) is 0 Å². The average Bonchev–Trinajstić information content (AvgIpc) is 3.11. The molecule has 17 heavy (non-hydrogen) atoms. The lowest BCUT2D eigenvalue weighted by atomic mass is 9.85. The Kier molecular flexibility index (Phi) is 2.92. The number of aryl methyl sites for hydroxylation is 1. The fourth-order valence-corrected chi connectivity index (χ4v) is 3.22. The van der Waals surface area contributed by atoms with E-state index < -0.39 is 0 Å². The Balaban J connectivity index is 1.88. The highest BCUT2D eigenvalue weighted by Gasteiger charge is 2.40. The van der Waals surface area contributed by atoms with Gasteiger partial charge in [-0.25, -0.2) is 0 Å². The molecule has 94 valence electrons. The lowest BCUT2D eigenvalue weighted by Gasteiger charge is -2.41. The molecule has 2 aliphatic rings. The summed E-state index contributed by atoms with van der Waals surface area (Å²) in [7, 11) is 1.99. The third-order valence-electron chi connectivity index (χ3n) is 4.18. The van der Waals surface area contributed by atoms with E-state index in [1.807, 2.05) is 17.9 Å². The van der Waals surface area contributed by atoms with Crippen LogP contribution in [0.2, 0.25) is 0 Å². The van der Waals surface area contributed by atoms with Crippen LogP contribution in [0.1, 0.15) is 37.3 Å². The zero-order chi connectivity index (χ0) is 11.8. The second-order valence-electron chi connectivity index (χ2n) is 5.50. The van der Waals surface area contributed by atoms with Gasteiger partial charge in [0.1, 0.15) is 0 Å². The fourth-order valence-electron chi connectivity index (χ4n) is 3.22. The number of likely N-dealkylation sites (tertiary alicyclic amines) is 1. The maximum absolute atomic E-state index is 5.97. The molecule has 0 radical (unpaired) electrons. The molecule has 1 saturated carbocycles. The Labute approximate surface area is 103 Å². The maximum atomic E-state index is 5.97. The first kappa shape index (κ1) is 11.2. The SMILES string of the molecule is Cn1cc(C2C(CN)CCCN2C2CC2)cn1. The van der Waals surface area contributed by atoms with Gasteiger partial charge in [-0.1, -0.05) is 0 Å². The van der Waals surface area contributed by atoms with Gasteiger partial charge in [-0.3, -0.25) is 9.58 Å². The Hall–Kier alpha value is -0.870. The third-order valence-corrected chi connectivity index (χ3v) is 4.18. The topological polar surface area (TPSA) is 47.1 Å². The van der Waals surface area contributed by atoms with Crippen LogP contribution in [0.4, 0.5) is 0 Å². The summed E-state index contributed by atoms with van der Waals surface area (Å²) < 4.78 is 1.91. The molecule has 1 saturated heterocycles. The third kappa shape index (κ3) is 2.11. The van der Waals surface area contributed by atoms with E-state index in [1.165, 1.54) is 37.8 Å². The lowest BCUT2D eigenvalue weighted by molar-refractivity contribution is 0.0879. The molecule has 2 unspecified atom stereocenters. The first-order chi connectivity index (χ1) is 8.29. The van der Waals surface area contributed by atoms with Gasteiger partial charge in [0.2, 0.25) is 0 Å². The normalized spacial score (nSPS) is 30.7. The highest BCUT2D eigenvalue weighted by Crippen LogP contribution is 2.42. The van der Waals surface area contributed by atoms with E-state index in [9.17, 15) is 0 Å². The molecule has 1 aliphatic carbocycles. The van der Waals surface area contributed by atoms with E-state index in [2.05, 4.69) is 16.2 Å². The van der Waals surface area contributed by atoms with Crippen LogP contribution in [0.25, 0.3) is 0 Å². The van der Waals surface area contributed by atoms with Crippen LogP contribution in [-0.2, 0) is 7.05 Å². The zero-order valence-electron chi connectivity index (χ0n) is 10.5. The molecule has 0 amide bonds. The number of rotatable bonds is 3. The first-order valence-corrected chi connectivity index (χ1v) is 6.74. The molecule has 4 nitrogen and oxygen atoms in total. The summed E-state index contributed by atoms with van der Waals surface area (Å²) in [4.78, 5) is 2.68. The molecular weight excluding hydrogens is 212 g/mol. The van der Waals surface area contributed by atoms with Crippen LogP contribution in [0.5, 0.6) is 0 Å². The van der Waals surface area contributed by atoms with E-state index in [0.29, 0.717) is 12.0 Å². The molecule has 2 N–H and O–H groups in total. The van der Waals surface area contributed by atoms with Gasteiger partial charge in [-0.05, 0) is 44.7 Å². The van der Waals surface area contributed by atoms with Crippen LogP contribution in [-0.4, -0.2) is 33.8 Å². The molecule has 0 aromatic carbocycles. The summed E-state index contributed by atoms with van der Waals surface area (Å²) in [6, 6.07) is 1.32. The number of nitrogens with two attached hydrogens (primary N) is 1. The van der Waals surface area contributed by atoms with E-state index in [1.54, 1.807) is 0 Å². The lowest BCUT2D eigenvalue weighted by Crippen LogP contribution is -2.42. The highest BCUT2D eigenvalue weighted by molar-refractivity contribution is 5.15. The number of piperidine rings is 1. The van der Waals surface area contributed by atoms with Gasteiger partial charge < -0.3 is 5.73 Å². The molecule has 0 spiro atoms. The summed E-state index contributed by atoms with van der Waals surface area (Å²) >= 11 is 0. The molecular formula is C13H22N4. The first-order valence-electron chi connectivity index (χ1n) is 6.74. The highest BCUT2D eigenvalue weighted by atomic mass is 15.3. The summed E-state index contributed by atoms with van der Waals surface area (Å²) in [5, 5.41) is 4.32. The van der Waals surface area contributed by atoms with Gasteiger partial charge in [0.05, 0.1) is 6.20 Å². The van der Waals surface area contributed by atoms with Crippen molar-refractivity contribution in [3.8, 4) is 0 Å². The quantitative estimate of drug-likeness (QED) is 0.857. The van der Waals surface area contributed by atoms with Crippen molar-refractivity contribution in [1.82, 2.24) is 14.7 Å². The predicted octanol–water partition coefficient (Wildman–Crippen LogP) is 1.29. The second-order valence-corrected chi connectivity index (χ2v) is 5.50. The maximum Gasteiger partial charge on any atom is 0.0537 e. The van der Waals surface area contributed by atoms with Crippen LogP contribution >= 0.6 is 0 Å². The molecule has 3 rings (SSSR count). The smallest absolute Gasteiger partial charge is 0.0537 e. The van der Waals surface area contributed by atoms with Crippen molar-refractivity contribution in [1.29, 1.82) is 0 Å². The molecule has 2 heterocycles. The van der Waals surface area contributed by atoms with Crippen molar-refractivity contribution in [3.05, 3.63) is 18.0 Å². The van der Waals surface area contributed by atoms with Crippen molar-refractivity contribution in [2.24, 2.45) is 18.7 Å². The predicted molar refractivity (Wildman–Crippen MR) is 67.5 cm³/mol. The Bertz CT molecular complexity index is 383. The van der Waals surface area contributed by atoms with Crippen molar-refractivity contribution in [2.75, 3.05) is 13.1 Å². The molecule has 2 atom stereocenters. The van der Waals surface area contributed by atoms with Crippen molar-refractivity contribution < 1.29 is 0 Å². The summed E-state index contributed by atoms with van der Waals surface area (Å²) in [5.41, 5.74) is 7.32. The van der Waals surface area contributed by atoms with E-state index >= 15 is 0 Å². The van der Waals surface area contributed by atoms with Crippen LogP contribution in [0, 0.1) is 5.92 Å². The van der Waals surface area contributed by atoms with E-state index in [4.69, 9.17) is 5.73 Å². The van der Waals surface area contributed by atoms with Crippen LogP contribution < -0.4 is 5.73 Å². The van der Waals surface area contributed by atoms with E-state index in [-0.39, 0.29) is 0 Å². The average molecular weight is 234 g/mol. The molecule has 1 aromatic rings. The molecule has 1 aliphatic heterocycles. The Morgan fingerprint density at radius 3 is 2.82 bits per heavy atom. The minimum Gasteiger partial charge on any atom is -0.330 e. The van der Waals surface area contributed by atoms with Crippen molar-refractivity contribution in [2.45, 2.75) is 37.8 Å². The number of hydrogen-bond donors (Lipinski definition) is 1. The summed E-state index contributed by atoms with van der Waals surface area (Å²) in [5.74, 6) is 0.605. The minimum atomic E-state index is 0.509. The summed E-state index contributed by atoms with van der Waals surface area (Å²) in [6.45, 7) is 2.03. The van der Waals surface area contributed by atoms with Gasteiger partial charge in [0.15, 0.2) is 0 Å². The number of hydrogen-bond acceptors (Lipinski definition) is 3. The van der Waals surface area contributed by atoms with Gasteiger partial charge in [-0.15, -0.1) is 0 Å². The van der Waals surface area contributed by atoms with Gasteiger partial charge in [-0.2, -0.15) is 5.10 Å². The zero-order valence-corrected chi connectivity index (χ0v) is 10.5. The van der Waals surface area contributed by atoms with Crippen molar-refractivity contribution >= 4 is 0 Å². The second kappa shape index (κ2) is 4.42. The Morgan fingerprint density at radius 1 is 1.41 bits per heavy atom. The molecule has 0 bridgehead atoms. The van der Waals surface area contributed by atoms with Gasteiger partial charge in [0.25, 0.3) is 0 Å². The van der Waals surface area contributed by atoms with Crippen LogP contribution in [0.15, 0.2) is 12.4 Å². The van der Waals surface area contributed by atoms with Crippen LogP contribution in [0.3, 0.4) is 0 Å². The number of aromatic nitrogens is 2. The Morgan fingerprint density at radius 2 is 2.24 bits per heavy atom. The standard InChI is InChI=1S/C13H22N4/c1-16-9-11(8-15-16)13-10(7-14)3-2-6-17(13)12-4-5-12/h8-10,12-13H,2-7,14H2,1H3. The van der Waals surface area contributed by atoms with Gasteiger partial charge in [0, 0.05) is 30.9 Å².